The fraction of sp³-hybridized carbons (Fsp3) is 0.500. The van der Waals surface area contributed by atoms with Crippen LogP contribution >= 0.6 is 15.9 Å². The number of benzene rings is 1. The maximum absolute atomic E-state index is 9.57. The summed E-state index contributed by atoms with van der Waals surface area (Å²) in [5, 5.41) is 13.0. The van der Waals surface area contributed by atoms with E-state index in [2.05, 4.69) is 42.0 Å². The van der Waals surface area contributed by atoms with Crippen LogP contribution in [0.25, 0.3) is 0 Å². The van der Waals surface area contributed by atoms with Gasteiger partial charge >= 0.3 is 0 Å². The first-order valence-corrected chi connectivity index (χ1v) is 5.93. The van der Waals surface area contributed by atoms with Crippen molar-refractivity contribution in [3.05, 3.63) is 22.2 Å². The number of rotatable bonds is 3. The molecular formula is C12H18BrNO2. The van der Waals surface area contributed by atoms with Gasteiger partial charge in [-0.2, -0.15) is 0 Å². The van der Waals surface area contributed by atoms with Crippen molar-refractivity contribution in [1.82, 2.24) is 5.32 Å². The Labute approximate surface area is 105 Å². The van der Waals surface area contributed by atoms with Gasteiger partial charge in [-0.25, -0.2) is 0 Å². The highest BCUT2D eigenvalue weighted by Crippen LogP contribution is 2.32. The van der Waals surface area contributed by atoms with Crippen LogP contribution < -0.4 is 10.1 Å². The molecule has 0 saturated heterocycles. The van der Waals surface area contributed by atoms with Crippen LogP contribution in [0.1, 0.15) is 26.3 Å². The third-order valence-electron chi connectivity index (χ3n) is 2.16. The zero-order valence-corrected chi connectivity index (χ0v) is 11.7. The maximum Gasteiger partial charge on any atom is 0.160 e. The standard InChI is InChI=1S/C12H18BrNO2/c1-12(2,3)14-7-8-5-11(16-4)10(15)6-9(8)13/h5-6,14-15H,7H2,1-4H3. The Morgan fingerprint density at radius 3 is 2.50 bits per heavy atom. The number of phenols is 1. The maximum atomic E-state index is 9.57. The minimum atomic E-state index is 0.0601. The fourth-order valence-corrected chi connectivity index (χ4v) is 1.72. The van der Waals surface area contributed by atoms with Crippen LogP contribution in [0, 0.1) is 0 Å². The van der Waals surface area contributed by atoms with Crippen molar-refractivity contribution in [2.75, 3.05) is 7.11 Å². The second-order valence-corrected chi connectivity index (χ2v) is 5.57. The number of phenolic OH excluding ortho intramolecular Hbond substituents is 1. The van der Waals surface area contributed by atoms with Crippen molar-refractivity contribution < 1.29 is 9.84 Å². The summed E-state index contributed by atoms with van der Waals surface area (Å²) in [6.45, 7) is 7.05. The molecule has 1 aromatic carbocycles. The highest BCUT2D eigenvalue weighted by atomic mass is 79.9. The zero-order chi connectivity index (χ0) is 12.3. The van der Waals surface area contributed by atoms with Crippen molar-refractivity contribution in [2.24, 2.45) is 0 Å². The van der Waals surface area contributed by atoms with Gasteiger partial charge in [-0.05, 0) is 38.5 Å². The molecule has 0 aliphatic heterocycles. The minimum absolute atomic E-state index is 0.0601. The lowest BCUT2D eigenvalue weighted by molar-refractivity contribution is 0.371. The Hall–Kier alpha value is -0.740. The highest BCUT2D eigenvalue weighted by molar-refractivity contribution is 9.10. The van der Waals surface area contributed by atoms with E-state index in [0.29, 0.717) is 5.75 Å². The SMILES string of the molecule is COc1cc(CNC(C)(C)C)c(Br)cc1O. The van der Waals surface area contributed by atoms with Crippen LogP contribution in [0.15, 0.2) is 16.6 Å². The minimum Gasteiger partial charge on any atom is -0.504 e. The van der Waals surface area contributed by atoms with Gasteiger partial charge in [0.05, 0.1) is 7.11 Å². The van der Waals surface area contributed by atoms with Crippen molar-refractivity contribution in [3.8, 4) is 11.5 Å². The molecule has 0 aromatic heterocycles. The first-order chi connectivity index (χ1) is 7.33. The second-order valence-electron chi connectivity index (χ2n) is 4.72. The molecule has 0 fully saturated rings. The van der Waals surface area contributed by atoms with Gasteiger partial charge in [0.1, 0.15) is 0 Å². The molecule has 0 spiro atoms. The van der Waals surface area contributed by atoms with Crippen LogP contribution in [0.4, 0.5) is 0 Å². The van der Waals surface area contributed by atoms with Gasteiger partial charge in [0.2, 0.25) is 0 Å². The topological polar surface area (TPSA) is 41.5 Å². The number of aromatic hydroxyl groups is 1. The summed E-state index contributed by atoms with van der Waals surface area (Å²) in [6, 6.07) is 3.48. The molecule has 0 aliphatic rings. The van der Waals surface area contributed by atoms with Gasteiger partial charge in [0.25, 0.3) is 0 Å². The van der Waals surface area contributed by atoms with E-state index in [1.54, 1.807) is 13.2 Å². The summed E-state index contributed by atoms with van der Waals surface area (Å²) < 4.78 is 5.95. The Morgan fingerprint density at radius 2 is 2.00 bits per heavy atom. The first kappa shape index (κ1) is 13.3. The van der Waals surface area contributed by atoms with E-state index in [4.69, 9.17) is 4.74 Å². The summed E-state index contributed by atoms with van der Waals surface area (Å²) >= 11 is 3.42. The molecular weight excluding hydrogens is 270 g/mol. The predicted molar refractivity (Wildman–Crippen MR) is 69.0 cm³/mol. The molecule has 16 heavy (non-hydrogen) atoms. The van der Waals surface area contributed by atoms with Gasteiger partial charge in [0.15, 0.2) is 11.5 Å². The van der Waals surface area contributed by atoms with Crippen LogP contribution in [0.5, 0.6) is 11.5 Å². The van der Waals surface area contributed by atoms with Crippen LogP contribution in [-0.4, -0.2) is 17.8 Å². The first-order valence-electron chi connectivity index (χ1n) is 5.14. The number of hydrogen-bond acceptors (Lipinski definition) is 3. The molecule has 2 N–H and O–H groups in total. The summed E-state index contributed by atoms with van der Waals surface area (Å²) in [6.07, 6.45) is 0. The van der Waals surface area contributed by atoms with Gasteiger partial charge in [-0.1, -0.05) is 15.9 Å². The summed E-state index contributed by atoms with van der Waals surface area (Å²) in [7, 11) is 1.55. The number of nitrogens with one attached hydrogen (secondary N) is 1. The lowest BCUT2D eigenvalue weighted by Gasteiger charge is -2.21. The van der Waals surface area contributed by atoms with Crippen molar-refractivity contribution in [1.29, 1.82) is 0 Å². The molecule has 0 saturated carbocycles. The van der Waals surface area contributed by atoms with Crippen LogP contribution in [0.3, 0.4) is 0 Å². The van der Waals surface area contributed by atoms with Crippen LogP contribution in [-0.2, 0) is 6.54 Å². The predicted octanol–water partition coefficient (Wildman–Crippen LogP) is 3.05. The molecule has 1 rings (SSSR count). The molecule has 0 aliphatic carbocycles. The average molecular weight is 288 g/mol. The molecule has 0 heterocycles. The normalized spacial score (nSPS) is 11.6. The molecule has 0 atom stereocenters. The number of methoxy groups -OCH3 is 1. The Kier molecular flexibility index (Phi) is 4.21. The molecule has 0 unspecified atom stereocenters. The zero-order valence-electron chi connectivity index (χ0n) is 10.1. The van der Waals surface area contributed by atoms with E-state index < -0.39 is 0 Å². The van der Waals surface area contributed by atoms with Crippen molar-refractivity contribution in [3.63, 3.8) is 0 Å². The quantitative estimate of drug-likeness (QED) is 0.898. The van der Waals surface area contributed by atoms with Gasteiger partial charge in [0, 0.05) is 16.6 Å². The molecule has 0 radical (unpaired) electrons. The van der Waals surface area contributed by atoms with E-state index in [9.17, 15) is 5.11 Å². The van der Waals surface area contributed by atoms with Crippen molar-refractivity contribution in [2.45, 2.75) is 32.9 Å². The third kappa shape index (κ3) is 3.68. The largest absolute Gasteiger partial charge is 0.504 e. The molecule has 4 heteroatoms. The number of ether oxygens (including phenoxy) is 1. The molecule has 90 valence electrons. The molecule has 3 nitrogen and oxygen atoms in total. The number of hydrogen-bond donors (Lipinski definition) is 2. The van der Waals surface area contributed by atoms with E-state index in [1.165, 1.54) is 0 Å². The smallest absolute Gasteiger partial charge is 0.160 e. The molecule has 1 aromatic rings. The van der Waals surface area contributed by atoms with E-state index in [-0.39, 0.29) is 11.3 Å². The Bertz CT molecular complexity index is 372. The van der Waals surface area contributed by atoms with E-state index >= 15 is 0 Å². The van der Waals surface area contributed by atoms with Gasteiger partial charge < -0.3 is 15.2 Å². The van der Waals surface area contributed by atoms with Gasteiger partial charge in [-0.3, -0.25) is 0 Å². The molecule has 0 bridgehead atoms. The lowest BCUT2D eigenvalue weighted by atomic mass is 10.1. The molecule has 0 amide bonds. The highest BCUT2D eigenvalue weighted by Gasteiger charge is 2.12. The summed E-state index contributed by atoms with van der Waals surface area (Å²) in [5.74, 6) is 0.641. The van der Waals surface area contributed by atoms with Crippen molar-refractivity contribution >= 4 is 15.9 Å². The Balaban J connectivity index is 2.88. The van der Waals surface area contributed by atoms with E-state index in [0.717, 1.165) is 16.6 Å². The number of halogens is 1. The Morgan fingerprint density at radius 1 is 1.38 bits per heavy atom. The summed E-state index contributed by atoms with van der Waals surface area (Å²) in [5.41, 5.74) is 1.12. The lowest BCUT2D eigenvalue weighted by Crippen LogP contribution is -2.35. The average Bonchev–Trinajstić information content (AvgIpc) is 2.15. The van der Waals surface area contributed by atoms with Crippen LogP contribution in [0.2, 0.25) is 0 Å². The monoisotopic (exact) mass is 287 g/mol. The summed E-state index contributed by atoms with van der Waals surface area (Å²) in [4.78, 5) is 0. The second kappa shape index (κ2) is 5.06. The fourth-order valence-electron chi connectivity index (χ4n) is 1.24. The van der Waals surface area contributed by atoms with E-state index in [1.807, 2.05) is 6.07 Å². The third-order valence-corrected chi connectivity index (χ3v) is 2.90. The van der Waals surface area contributed by atoms with Gasteiger partial charge in [-0.15, -0.1) is 0 Å².